The van der Waals surface area contributed by atoms with Crippen molar-refractivity contribution in [2.75, 3.05) is 6.61 Å². The molecule has 0 atom stereocenters. The molecule has 0 fully saturated rings. The molecule has 0 unspecified atom stereocenters. The minimum Gasteiger partial charge on any atom is -0.396 e. The molecule has 0 spiro atoms. The molecule has 0 saturated heterocycles. The molecule has 0 aliphatic rings. The van der Waals surface area contributed by atoms with Crippen LogP contribution in [0.3, 0.4) is 0 Å². The first-order chi connectivity index (χ1) is 14.4. The summed E-state index contributed by atoms with van der Waals surface area (Å²) in [6.45, 7) is 4.42. The zero-order valence-electron chi connectivity index (χ0n) is 18.7. The standard InChI is InChI=1S/C18H32O.C7H8O3S/c1-2-3-4-5-6-7-8-9-10-11-12-13-14-15-16-17-18-19;1-6-2-4-7(5-3-6)11(8,9)10/h6-7,9-10,12-13,19H,2-5,8,11,14-18H2,1H3;2-5H,1H3,(H,8,9,10)/b7-6-,10-9-,13-12-;. The van der Waals surface area contributed by atoms with Crippen LogP contribution in [0.2, 0.25) is 0 Å². The molecule has 0 aliphatic carbocycles. The normalized spacial score (nSPS) is 12.0. The number of aliphatic hydroxyl groups is 1. The highest BCUT2D eigenvalue weighted by molar-refractivity contribution is 7.85. The first kappa shape index (κ1) is 28.3. The molecule has 170 valence electrons. The smallest absolute Gasteiger partial charge is 0.294 e. The van der Waals surface area contributed by atoms with Gasteiger partial charge in [-0.2, -0.15) is 8.42 Å². The van der Waals surface area contributed by atoms with Crippen LogP contribution in [0.25, 0.3) is 0 Å². The van der Waals surface area contributed by atoms with Crippen molar-refractivity contribution in [1.29, 1.82) is 0 Å². The zero-order valence-corrected chi connectivity index (χ0v) is 19.5. The lowest BCUT2D eigenvalue weighted by molar-refractivity contribution is 0.283. The average Bonchev–Trinajstić information content (AvgIpc) is 2.71. The van der Waals surface area contributed by atoms with Crippen LogP contribution in [0.4, 0.5) is 0 Å². The number of unbranched alkanes of at least 4 members (excludes halogenated alkanes) is 6. The van der Waals surface area contributed by atoms with Gasteiger partial charge in [0.2, 0.25) is 0 Å². The van der Waals surface area contributed by atoms with E-state index in [4.69, 9.17) is 9.66 Å². The molecule has 1 aromatic carbocycles. The van der Waals surface area contributed by atoms with Crippen molar-refractivity contribution in [3.8, 4) is 0 Å². The Labute approximate surface area is 184 Å². The number of hydrogen-bond acceptors (Lipinski definition) is 3. The Bertz CT molecular complexity index is 701. The van der Waals surface area contributed by atoms with Crippen molar-refractivity contribution < 1.29 is 18.1 Å². The van der Waals surface area contributed by atoms with Gasteiger partial charge in [-0.3, -0.25) is 4.55 Å². The lowest BCUT2D eigenvalue weighted by Gasteiger charge is -1.95. The molecular formula is C25H40O4S. The predicted molar refractivity (Wildman–Crippen MR) is 127 cm³/mol. The summed E-state index contributed by atoms with van der Waals surface area (Å²) in [5.41, 5.74) is 0.956. The Balaban J connectivity index is 0.000000642. The molecule has 1 aromatic rings. The van der Waals surface area contributed by atoms with Crippen LogP contribution >= 0.6 is 0 Å². The summed E-state index contributed by atoms with van der Waals surface area (Å²) in [6, 6.07) is 5.99. The number of aliphatic hydroxyl groups excluding tert-OH is 1. The Morgan fingerprint density at radius 1 is 0.767 bits per heavy atom. The van der Waals surface area contributed by atoms with Crippen LogP contribution in [-0.4, -0.2) is 24.7 Å². The van der Waals surface area contributed by atoms with Crippen molar-refractivity contribution in [2.45, 2.75) is 83.0 Å². The summed E-state index contributed by atoms with van der Waals surface area (Å²) in [5.74, 6) is 0. The Morgan fingerprint density at radius 2 is 1.27 bits per heavy atom. The largest absolute Gasteiger partial charge is 0.396 e. The first-order valence-electron chi connectivity index (χ1n) is 11.0. The van der Waals surface area contributed by atoms with Gasteiger partial charge in [-0.25, -0.2) is 0 Å². The summed E-state index contributed by atoms with van der Waals surface area (Å²) in [7, 11) is -4.02. The van der Waals surface area contributed by atoms with Gasteiger partial charge in [0, 0.05) is 6.61 Å². The van der Waals surface area contributed by atoms with Gasteiger partial charge in [-0.1, -0.05) is 80.3 Å². The van der Waals surface area contributed by atoms with Crippen LogP contribution in [0.1, 0.15) is 76.7 Å². The molecule has 0 radical (unpaired) electrons. The number of allylic oxidation sites excluding steroid dienone is 6. The van der Waals surface area contributed by atoms with Crippen LogP contribution in [-0.2, 0) is 10.1 Å². The maximum absolute atomic E-state index is 10.5. The molecule has 0 saturated carbocycles. The fourth-order valence-electron chi connectivity index (χ4n) is 2.55. The second-order valence-corrected chi connectivity index (χ2v) is 8.66. The molecule has 0 aliphatic heterocycles. The summed E-state index contributed by atoms with van der Waals surface area (Å²) < 4.78 is 29.6. The van der Waals surface area contributed by atoms with Gasteiger partial charge in [-0.05, 0) is 64.0 Å². The van der Waals surface area contributed by atoms with Crippen LogP contribution < -0.4 is 0 Å². The SMILES string of the molecule is CCCCC/C=C\C/C=C\C/C=C\CCCCCO.Cc1ccc(S(=O)(=O)O)cc1. The molecule has 4 nitrogen and oxygen atoms in total. The van der Waals surface area contributed by atoms with E-state index in [1.54, 1.807) is 12.1 Å². The second kappa shape index (κ2) is 19.3. The van der Waals surface area contributed by atoms with E-state index < -0.39 is 10.1 Å². The third-order valence-electron chi connectivity index (χ3n) is 4.37. The fraction of sp³-hybridized carbons (Fsp3) is 0.520. The number of benzene rings is 1. The van der Waals surface area contributed by atoms with E-state index in [2.05, 4.69) is 43.4 Å². The predicted octanol–water partition coefficient (Wildman–Crippen LogP) is 6.81. The summed E-state index contributed by atoms with van der Waals surface area (Å²) >= 11 is 0. The van der Waals surface area contributed by atoms with Crippen LogP contribution in [0.15, 0.2) is 65.6 Å². The van der Waals surface area contributed by atoms with E-state index in [0.717, 1.165) is 37.7 Å². The van der Waals surface area contributed by atoms with Gasteiger partial charge in [0.15, 0.2) is 0 Å². The van der Waals surface area contributed by atoms with Crippen LogP contribution in [0, 0.1) is 6.92 Å². The van der Waals surface area contributed by atoms with Crippen molar-refractivity contribution >= 4 is 10.1 Å². The third kappa shape index (κ3) is 18.3. The van der Waals surface area contributed by atoms with E-state index in [1.807, 2.05) is 6.92 Å². The quantitative estimate of drug-likeness (QED) is 0.191. The third-order valence-corrected chi connectivity index (χ3v) is 5.23. The van der Waals surface area contributed by atoms with E-state index >= 15 is 0 Å². The minimum atomic E-state index is -4.02. The molecule has 0 heterocycles. The van der Waals surface area contributed by atoms with E-state index in [9.17, 15) is 8.42 Å². The van der Waals surface area contributed by atoms with Gasteiger partial charge in [-0.15, -0.1) is 0 Å². The van der Waals surface area contributed by atoms with Crippen LogP contribution in [0.5, 0.6) is 0 Å². The van der Waals surface area contributed by atoms with Crippen molar-refractivity contribution in [2.24, 2.45) is 0 Å². The first-order valence-corrected chi connectivity index (χ1v) is 12.5. The van der Waals surface area contributed by atoms with Crippen molar-refractivity contribution in [3.05, 3.63) is 66.3 Å². The van der Waals surface area contributed by atoms with Gasteiger partial charge in [0.25, 0.3) is 10.1 Å². The number of aryl methyl sites for hydroxylation is 1. The molecule has 1 rings (SSSR count). The zero-order chi connectivity index (χ0) is 22.5. The molecule has 0 bridgehead atoms. The average molecular weight is 437 g/mol. The Hall–Kier alpha value is -1.69. The second-order valence-electron chi connectivity index (χ2n) is 7.24. The maximum atomic E-state index is 10.5. The molecule has 0 amide bonds. The summed E-state index contributed by atoms with van der Waals surface area (Å²) in [5, 5.41) is 8.64. The highest BCUT2D eigenvalue weighted by atomic mass is 32.2. The minimum absolute atomic E-state index is 0.0666. The van der Waals surface area contributed by atoms with E-state index in [0.29, 0.717) is 6.61 Å². The van der Waals surface area contributed by atoms with Gasteiger partial charge in [0.05, 0.1) is 4.90 Å². The molecule has 2 N–H and O–H groups in total. The molecule has 30 heavy (non-hydrogen) atoms. The summed E-state index contributed by atoms with van der Waals surface area (Å²) in [4.78, 5) is -0.0666. The van der Waals surface area contributed by atoms with E-state index in [1.165, 1.54) is 44.2 Å². The molecule has 0 aromatic heterocycles. The maximum Gasteiger partial charge on any atom is 0.294 e. The Morgan fingerprint density at radius 3 is 1.73 bits per heavy atom. The highest BCUT2D eigenvalue weighted by Gasteiger charge is 2.06. The highest BCUT2D eigenvalue weighted by Crippen LogP contribution is 2.08. The monoisotopic (exact) mass is 436 g/mol. The van der Waals surface area contributed by atoms with Crippen molar-refractivity contribution in [3.63, 3.8) is 0 Å². The molecular weight excluding hydrogens is 396 g/mol. The van der Waals surface area contributed by atoms with Gasteiger partial charge in [0.1, 0.15) is 0 Å². The summed E-state index contributed by atoms with van der Waals surface area (Å²) in [6.07, 6.45) is 25.3. The van der Waals surface area contributed by atoms with E-state index in [-0.39, 0.29) is 4.90 Å². The molecule has 5 heteroatoms. The fourth-order valence-corrected chi connectivity index (χ4v) is 3.03. The van der Waals surface area contributed by atoms with Crippen molar-refractivity contribution in [1.82, 2.24) is 0 Å². The lowest BCUT2D eigenvalue weighted by atomic mass is 10.2. The lowest BCUT2D eigenvalue weighted by Crippen LogP contribution is -1.96. The number of hydrogen-bond donors (Lipinski definition) is 2. The van der Waals surface area contributed by atoms with Gasteiger partial charge < -0.3 is 5.11 Å². The Kier molecular flexibility index (Phi) is 18.2. The topological polar surface area (TPSA) is 74.6 Å². The number of rotatable bonds is 14. The van der Waals surface area contributed by atoms with Gasteiger partial charge >= 0.3 is 0 Å².